The molecule has 0 radical (unpaired) electrons. The van der Waals surface area contributed by atoms with E-state index < -0.39 is 9.85 Å². The maximum Gasteiger partial charge on any atom is 0.299 e. The third kappa shape index (κ3) is 6.69. The fraction of sp³-hybridized carbons (Fsp3) is 0.571. The van der Waals surface area contributed by atoms with Gasteiger partial charge in [0.2, 0.25) is 0 Å². The summed E-state index contributed by atoms with van der Waals surface area (Å²) in [5, 5.41) is 24.7. The zero-order chi connectivity index (χ0) is 18.1. The van der Waals surface area contributed by atoms with Gasteiger partial charge in [0, 0.05) is 24.1 Å². The van der Waals surface area contributed by atoms with Crippen molar-refractivity contribution in [3.63, 3.8) is 0 Å². The molecule has 0 aromatic heterocycles. The van der Waals surface area contributed by atoms with Gasteiger partial charge in [-0.25, -0.2) is 0 Å². The SMILES string of the molecule is O=[N+]([O-])c1ccc(NCCSSCCCC2OCCO2)c([N+](=O)[O-])c1. The molecule has 0 bridgehead atoms. The lowest BCUT2D eigenvalue weighted by atomic mass is 10.2. The number of anilines is 1. The Balaban J connectivity index is 1.64. The lowest BCUT2D eigenvalue weighted by Gasteiger charge is -2.08. The molecule has 1 aliphatic heterocycles. The average molecular weight is 389 g/mol. The lowest BCUT2D eigenvalue weighted by Crippen LogP contribution is -2.07. The second kappa shape index (κ2) is 10.4. The first-order valence-electron chi connectivity index (χ1n) is 7.72. The van der Waals surface area contributed by atoms with Crippen LogP contribution in [0.5, 0.6) is 0 Å². The highest BCUT2D eigenvalue weighted by molar-refractivity contribution is 8.76. The summed E-state index contributed by atoms with van der Waals surface area (Å²) in [5.41, 5.74) is -0.294. The van der Waals surface area contributed by atoms with E-state index in [1.54, 1.807) is 21.6 Å². The molecule has 1 heterocycles. The largest absolute Gasteiger partial charge is 0.379 e. The second-order valence-corrected chi connectivity index (χ2v) is 7.80. The summed E-state index contributed by atoms with van der Waals surface area (Å²) in [4.78, 5) is 20.5. The van der Waals surface area contributed by atoms with Crippen molar-refractivity contribution in [2.75, 3.05) is 36.6 Å². The van der Waals surface area contributed by atoms with Crippen LogP contribution in [0.15, 0.2) is 18.2 Å². The molecular weight excluding hydrogens is 370 g/mol. The topological polar surface area (TPSA) is 117 Å². The van der Waals surface area contributed by atoms with Crippen LogP contribution in [0, 0.1) is 20.2 Å². The van der Waals surface area contributed by atoms with Gasteiger partial charge in [-0.1, -0.05) is 21.6 Å². The minimum atomic E-state index is -0.648. The van der Waals surface area contributed by atoms with Crippen LogP contribution < -0.4 is 5.32 Å². The highest BCUT2D eigenvalue weighted by atomic mass is 33.1. The van der Waals surface area contributed by atoms with Gasteiger partial charge in [-0.2, -0.15) is 0 Å². The average Bonchev–Trinajstić information content (AvgIpc) is 3.10. The van der Waals surface area contributed by atoms with E-state index in [4.69, 9.17) is 9.47 Å². The summed E-state index contributed by atoms with van der Waals surface area (Å²) in [5.74, 6) is 1.74. The van der Waals surface area contributed by atoms with Crippen molar-refractivity contribution in [3.05, 3.63) is 38.4 Å². The highest BCUT2D eigenvalue weighted by Gasteiger charge is 2.19. The molecule has 0 saturated carbocycles. The predicted octanol–water partition coefficient (Wildman–Crippen LogP) is 3.45. The summed E-state index contributed by atoms with van der Waals surface area (Å²) < 4.78 is 10.7. The fourth-order valence-corrected chi connectivity index (χ4v) is 4.18. The number of nitro benzene ring substituents is 2. The molecule has 2 rings (SSSR count). The number of rotatable bonds is 11. The number of hydrogen-bond donors (Lipinski definition) is 1. The number of benzene rings is 1. The maximum absolute atomic E-state index is 11.0. The smallest absolute Gasteiger partial charge is 0.299 e. The Hall–Kier alpha value is -1.56. The molecule has 0 amide bonds. The number of nitro groups is 2. The number of ether oxygens (including phenoxy) is 2. The molecule has 0 spiro atoms. The van der Waals surface area contributed by atoms with Crippen molar-refractivity contribution < 1.29 is 19.3 Å². The molecule has 0 unspecified atom stereocenters. The summed E-state index contributed by atoms with van der Waals surface area (Å²) in [7, 11) is 3.40. The van der Waals surface area contributed by atoms with Gasteiger partial charge in [0.15, 0.2) is 6.29 Å². The van der Waals surface area contributed by atoms with E-state index in [-0.39, 0.29) is 23.4 Å². The van der Waals surface area contributed by atoms with E-state index in [2.05, 4.69) is 5.32 Å². The highest BCUT2D eigenvalue weighted by Crippen LogP contribution is 2.29. The Morgan fingerprint density at radius 1 is 1.12 bits per heavy atom. The molecule has 11 heteroatoms. The van der Waals surface area contributed by atoms with Gasteiger partial charge in [0.1, 0.15) is 5.69 Å². The van der Waals surface area contributed by atoms with Crippen LogP contribution in [0.3, 0.4) is 0 Å². The van der Waals surface area contributed by atoms with Gasteiger partial charge in [0.05, 0.1) is 29.1 Å². The maximum atomic E-state index is 11.0. The molecule has 1 N–H and O–H groups in total. The zero-order valence-corrected chi connectivity index (χ0v) is 15.1. The number of non-ortho nitro benzene ring substituents is 1. The van der Waals surface area contributed by atoms with E-state index in [1.165, 1.54) is 12.1 Å². The standard InChI is InChI=1S/C14H19N3O6S2/c18-16(19)11-3-4-12(13(10-11)17(20)21)15-5-9-25-24-8-1-2-14-22-6-7-23-14/h3-4,10,14-15H,1-2,5-9H2. The van der Waals surface area contributed by atoms with Gasteiger partial charge in [0.25, 0.3) is 11.4 Å². The Morgan fingerprint density at radius 3 is 2.52 bits per heavy atom. The first-order chi connectivity index (χ1) is 12.1. The van der Waals surface area contributed by atoms with Crippen molar-refractivity contribution in [2.45, 2.75) is 19.1 Å². The van der Waals surface area contributed by atoms with Crippen LogP contribution in [0.25, 0.3) is 0 Å². The number of nitrogens with zero attached hydrogens (tertiary/aromatic N) is 2. The summed E-state index contributed by atoms with van der Waals surface area (Å²) in [6.45, 7) is 1.88. The molecule has 25 heavy (non-hydrogen) atoms. The molecule has 1 saturated heterocycles. The Morgan fingerprint density at radius 2 is 1.84 bits per heavy atom. The summed E-state index contributed by atoms with van der Waals surface area (Å²) in [6.07, 6.45) is 1.83. The predicted molar refractivity (Wildman–Crippen MR) is 98.1 cm³/mol. The first kappa shape index (κ1) is 19.8. The molecule has 1 aromatic rings. The van der Waals surface area contributed by atoms with Crippen molar-refractivity contribution in [1.29, 1.82) is 0 Å². The Labute approximate surface area is 152 Å². The number of nitrogens with one attached hydrogen (secondary N) is 1. The third-order valence-electron chi connectivity index (χ3n) is 3.33. The monoisotopic (exact) mass is 389 g/mol. The minimum Gasteiger partial charge on any atom is -0.379 e. The van der Waals surface area contributed by atoms with Crippen molar-refractivity contribution in [2.24, 2.45) is 0 Å². The van der Waals surface area contributed by atoms with Crippen molar-refractivity contribution in [3.8, 4) is 0 Å². The van der Waals surface area contributed by atoms with Crippen LogP contribution >= 0.6 is 21.6 Å². The van der Waals surface area contributed by atoms with Gasteiger partial charge in [-0.05, 0) is 18.9 Å². The van der Waals surface area contributed by atoms with E-state index in [0.29, 0.717) is 19.8 Å². The molecular formula is C14H19N3O6S2. The second-order valence-electron chi connectivity index (χ2n) is 5.10. The van der Waals surface area contributed by atoms with Gasteiger partial charge < -0.3 is 14.8 Å². The number of hydrogen-bond acceptors (Lipinski definition) is 9. The molecule has 0 aliphatic carbocycles. The van der Waals surface area contributed by atoms with Crippen LogP contribution in [0.4, 0.5) is 17.1 Å². The Kier molecular flexibility index (Phi) is 8.25. The normalized spacial score (nSPS) is 14.6. The first-order valence-corrected chi connectivity index (χ1v) is 10.2. The molecule has 1 aromatic carbocycles. The molecule has 1 fully saturated rings. The fourth-order valence-electron chi connectivity index (χ4n) is 2.16. The van der Waals surface area contributed by atoms with E-state index in [0.717, 1.165) is 30.4 Å². The van der Waals surface area contributed by atoms with Crippen molar-refractivity contribution in [1.82, 2.24) is 0 Å². The van der Waals surface area contributed by atoms with Crippen LogP contribution in [-0.2, 0) is 9.47 Å². The van der Waals surface area contributed by atoms with Gasteiger partial charge in [-0.3, -0.25) is 20.2 Å². The quantitative estimate of drug-likeness (QED) is 0.263. The van der Waals surface area contributed by atoms with E-state index in [9.17, 15) is 20.2 Å². The van der Waals surface area contributed by atoms with Crippen LogP contribution in [0.2, 0.25) is 0 Å². The van der Waals surface area contributed by atoms with E-state index in [1.807, 2.05) is 0 Å². The van der Waals surface area contributed by atoms with Crippen LogP contribution in [0.1, 0.15) is 12.8 Å². The van der Waals surface area contributed by atoms with Gasteiger partial charge >= 0.3 is 0 Å². The minimum absolute atomic E-state index is 0.0602. The molecule has 9 nitrogen and oxygen atoms in total. The molecule has 138 valence electrons. The van der Waals surface area contributed by atoms with Crippen molar-refractivity contribution >= 4 is 38.6 Å². The molecule has 1 aliphatic rings. The Bertz CT molecular complexity index is 598. The summed E-state index contributed by atoms with van der Waals surface area (Å²) in [6, 6.07) is 3.59. The molecule has 0 atom stereocenters. The lowest BCUT2D eigenvalue weighted by molar-refractivity contribution is -0.393. The zero-order valence-electron chi connectivity index (χ0n) is 13.4. The van der Waals surface area contributed by atoms with E-state index >= 15 is 0 Å². The van der Waals surface area contributed by atoms with Crippen LogP contribution in [-0.4, -0.2) is 47.4 Å². The summed E-state index contributed by atoms with van der Waals surface area (Å²) >= 11 is 0. The van der Waals surface area contributed by atoms with Gasteiger partial charge in [-0.15, -0.1) is 0 Å². The third-order valence-corrected chi connectivity index (χ3v) is 5.82.